The molecule has 4 rings (SSSR count). The van der Waals surface area contributed by atoms with Gasteiger partial charge in [0.05, 0.1) is 18.1 Å². The largest absolute Gasteiger partial charge is 0.506 e. The number of anilines is 2. The van der Waals surface area contributed by atoms with Gasteiger partial charge in [0.25, 0.3) is 0 Å². The van der Waals surface area contributed by atoms with Crippen LogP contribution < -0.4 is 16.0 Å². The summed E-state index contributed by atoms with van der Waals surface area (Å²) < 4.78 is 0. The fourth-order valence-corrected chi connectivity index (χ4v) is 2.96. The van der Waals surface area contributed by atoms with E-state index in [0.717, 1.165) is 25.6 Å². The molecule has 0 aromatic carbocycles. The number of hydrogen-bond acceptors (Lipinski definition) is 8. The Hall–Kier alpha value is -2.48. The van der Waals surface area contributed by atoms with Crippen LogP contribution in [0.1, 0.15) is 12.8 Å². The van der Waals surface area contributed by atoms with Crippen LogP contribution in [0.2, 0.25) is 0 Å². The molecule has 0 spiro atoms. The first-order valence-corrected chi connectivity index (χ1v) is 7.83. The summed E-state index contributed by atoms with van der Waals surface area (Å²) in [5.74, 6) is 1.39. The van der Waals surface area contributed by atoms with E-state index in [2.05, 4.69) is 30.4 Å². The van der Waals surface area contributed by atoms with Crippen molar-refractivity contribution >= 4 is 11.6 Å². The highest BCUT2D eigenvalue weighted by Gasteiger charge is 2.34. The number of nitrogen functional groups attached to an aromatic ring is 1. The highest BCUT2D eigenvalue weighted by molar-refractivity contribution is 5.63. The lowest BCUT2D eigenvalue weighted by molar-refractivity contribution is 0.414. The molecule has 8 heteroatoms. The van der Waals surface area contributed by atoms with Gasteiger partial charge in [0.2, 0.25) is 5.95 Å². The second kappa shape index (κ2) is 5.62. The van der Waals surface area contributed by atoms with Crippen LogP contribution in [0.25, 0.3) is 11.4 Å². The Morgan fingerprint density at radius 1 is 1.22 bits per heavy atom. The maximum atomic E-state index is 9.91. The Morgan fingerprint density at radius 3 is 2.78 bits per heavy atom. The van der Waals surface area contributed by atoms with Crippen molar-refractivity contribution in [1.29, 1.82) is 0 Å². The molecule has 3 heterocycles. The van der Waals surface area contributed by atoms with Crippen molar-refractivity contribution in [1.82, 2.24) is 25.5 Å². The van der Waals surface area contributed by atoms with Crippen molar-refractivity contribution in [3.63, 3.8) is 0 Å². The number of nitrogens with one attached hydrogen (secondary N) is 1. The van der Waals surface area contributed by atoms with Gasteiger partial charge in [-0.2, -0.15) is 0 Å². The van der Waals surface area contributed by atoms with Crippen LogP contribution in [0.4, 0.5) is 11.6 Å². The average Bonchev–Trinajstić information content (AvgIpc) is 3.40. The molecule has 2 fully saturated rings. The Kier molecular flexibility index (Phi) is 3.45. The van der Waals surface area contributed by atoms with E-state index in [0.29, 0.717) is 29.1 Å². The number of pyridine rings is 1. The Labute approximate surface area is 133 Å². The van der Waals surface area contributed by atoms with Crippen molar-refractivity contribution in [2.24, 2.45) is 5.92 Å². The van der Waals surface area contributed by atoms with Crippen molar-refractivity contribution < 1.29 is 5.11 Å². The van der Waals surface area contributed by atoms with Crippen molar-refractivity contribution in [3.8, 4) is 17.1 Å². The summed E-state index contributed by atoms with van der Waals surface area (Å²) in [7, 11) is 0. The summed E-state index contributed by atoms with van der Waals surface area (Å²) >= 11 is 0. The molecule has 1 saturated carbocycles. The van der Waals surface area contributed by atoms with Crippen LogP contribution in [0, 0.1) is 5.92 Å². The van der Waals surface area contributed by atoms with Gasteiger partial charge in [-0.15, -0.1) is 10.2 Å². The van der Waals surface area contributed by atoms with Crippen molar-refractivity contribution in [2.45, 2.75) is 18.9 Å². The molecule has 1 unspecified atom stereocenters. The van der Waals surface area contributed by atoms with Crippen LogP contribution in [-0.4, -0.2) is 50.9 Å². The number of aromatic nitrogens is 4. The molecule has 120 valence electrons. The van der Waals surface area contributed by atoms with Crippen LogP contribution in [0.5, 0.6) is 5.75 Å². The molecule has 1 aliphatic carbocycles. The molecule has 0 bridgehead atoms. The first-order chi connectivity index (χ1) is 11.2. The van der Waals surface area contributed by atoms with Crippen LogP contribution in [-0.2, 0) is 0 Å². The van der Waals surface area contributed by atoms with E-state index in [1.165, 1.54) is 25.1 Å². The number of piperazine rings is 1. The van der Waals surface area contributed by atoms with E-state index < -0.39 is 0 Å². The molecular formula is C15H19N7O. The van der Waals surface area contributed by atoms with Crippen LogP contribution in [0.3, 0.4) is 0 Å². The van der Waals surface area contributed by atoms with E-state index in [1.807, 2.05) is 0 Å². The predicted octanol–water partition coefficient (Wildman–Crippen LogP) is 0.410. The summed E-state index contributed by atoms with van der Waals surface area (Å²) in [5, 5.41) is 21.8. The molecule has 2 aromatic rings. The number of nitrogens with two attached hydrogens (primary N) is 1. The van der Waals surface area contributed by atoms with Gasteiger partial charge in [-0.3, -0.25) is 0 Å². The highest BCUT2D eigenvalue weighted by Crippen LogP contribution is 2.34. The maximum Gasteiger partial charge on any atom is 0.245 e. The standard InChI is InChI=1S/C15H19N7O/c16-10-5-13(23)14(18-6-10)11-7-19-15(21-20-11)22-4-3-17-12(8-22)9-1-2-9/h5-7,9,12,17,23H,1-4,8,16H2. The summed E-state index contributed by atoms with van der Waals surface area (Å²) in [6.07, 6.45) is 5.69. The minimum absolute atomic E-state index is 0.0233. The van der Waals surface area contributed by atoms with E-state index in [1.54, 1.807) is 6.20 Å². The summed E-state index contributed by atoms with van der Waals surface area (Å²) in [5.41, 5.74) is 6.75. The van der Waals surface area contributed by atoms with E-state index >= 15 is 0 Å². The zero-order valence-electron chi connectivity index (χ0n) is 12.7. The van der Waals surface area contributed by atoms with Gasteiger partial charge in [-0.05, 0) is 18.8 Å². The molecule has 23 heavy (non-hydrogen) atoms. The third-order valence-corrected chi connectivity index (χ3v) is 4.36. The second-order valence-corrected chi connectivity index (χ2v) is 6.12. The molecule has 0 radical (unpaired) electrons. The number of aromatic hydroxyl groups is 1. The van der Waals surface area contributed by atoms with Gasteiger partial charge in [-0.25, -0.2) is 9.97 Å². The smallest absolute Gasteiger partial charge is 0.245 e. The van der Waals surface area contributed by atoms with Crippen LogP contribution >= 0.6 is 0 Å². The first-order valence-electron chi connectivity index (χ1n) is 7.83. The molecule has 8 nitrogen and oxygen atoms in total. The van der Waals surface area contributed by atoms with E-state index in [4.69, 9.17) is 5.73 Å². The Morgan fingerprint density at radius 2 is 2.09 bits per heavy atom. The summed E-state index contributed by atoms with van der Waals surface area (Å²) in [6, 6.07) is 1.96. The quantitative estimate of drug-likeness (QED) is 0.747. The fourth-order valence-electron chi connectivity index (χ4n) is 2.96. The topological polar surface area (TPSA) is 113 Å². The average molecular weight is 313 g/mol. The molecule has 1 saturated heterocycles. The minimum Gasteiger partial charge on any atom is -0.506 e. The van der Waals surface area contributed by atoms with Gasteiger partial charge in [0.15, 0.2) is 0 Å². The number of nitrogens with zero attached hydrogens (tertiary/aromatic N) is 5. The van der Waals surface area contributed by atoms with Crippen molar-refractivity contribution in [3.05, 3.63) is 18.5 Å². The van der Waals surface area contributed by atoms with Gasteiger partial charge >= 0.3 is 0 Å². The minimum atomic E-state index is -0.0233. The maximum absolute atomic E-state index is 9.91. The zero-order chi connectivity index (χ0) is 15.8. The number of hydrogen-bond donors (Lipinski definition) is 3. The van der Waals surface area contributed by atoms with Gasteiger partial charge in [0, 0.05) is 31.7 Å². The van der Waals surface area contributed by atoms with E-state index in [9.17, 15) is 5.11 Å². The Balaban J connectivity index is 1.53. The van der Waals surface area contributed by atoms with E-state index in [-0.39, 0.29) is 5.75 Å². The fraction of sp³-hybridized carbons (Fsp3) is 0.467. The molecule has 2 aliphatic rings. The second-order valence-electron chi connectivity index (χ2n) is 6.12. The predicted molar refractivity (Wildman–Crippen MR) is 85.9 cm³/mol. The molecule has 2 aromatic heterocycles. The van der Waals surface area contributed by atoms with Crippen LogP contribution in [0.15, 0.2) is 18.5 Å². The number of rotatable bonds is 3. The lowest BCUT2D eigenvalue weighted by atomic mass is 10.1. The monoisotopic (exact) mass is 313 g/mol. The zero-order valence-corrected chi connectivity index (χ0v) is 12.7. The molecule has 4 N–H and O–H groups in total. The highest BCUT2D eigenvalue weighted by atomic mass is 16.3. The normalized spacial score (nSPS) is 21.4. The van der Waals surface area contributed by atoms with Gasteiger partial charge < -0.3 is 21.1 Å². The Bertz CT molecular complexity index is 701. The lowest BCUT2D eigenvalue weighted by Gasteiger charge is -2.33. The SMILES string of the molecule is Nc1cnc(-c2cnc(N3CCNC(C4CC4)C3)nn2)c(O)c1. The third-order valence-electron chi connectivity index (χ3n) is 4.36. The summed E-state index contributed by atoms with van der Waals surface area (Å²) in [6.45, 7) is 2.72. The molecule has 1 aliphatic heterocycles. The molecule has 1 atom stereocenters. The van der Waals surface area contributed by atoms with Crippen molar-refractivity contribution in [2.75, 3.05) is 30.3 Å². The third kappa shape index (κ3) is 2.89. The first kappa shape index (κ1) is 14.1. The molecule has 0 amide bonds. The van der Waals surface area contributed by atoms with Gasteiger partial charge in [-0.1, -0.05) is 0 Å². The molecular weight excluding hydrogens is 294 g/mol. The lowest BCUT2D eigenvalue weighted by Crippen LogP contribution is -2.52. The van der Waals surface area contributed by atoms with Gasteiger partial charge in [0.1, 0.15) is 17.1 Å². The summed E-state index contributed by atoms with van der Waals surface area (Å²) in [4.78, 5) is 10.7.